The first kappa shape index (κ1) is 7.03. The predicted molar refractivity (Wildman–Crippen MR) is 45.4 cm³/mol. The summed E-state index contributed by atoms with van der Waals surface area (Å²) in [6.45, 7) is 1.94. The molecule has 59 valence electrons. The molecule has 2 rings (SSSR count). The first-order valence-corrected chi connectivity index (χ1v) is 3.71. The molecule has 2 aromatic rings. The monoisotopic (exact) mass is 158 g/mol. The maximum absolute atomic E-state index is 4.02. The lowest BCUT2D eigenvalue weighted by Crippen LogP contribution is -1.81. The second kappa shape index (κ2) is 2.77. The Bertz CT molecular complexity index is 364. The Kier molecular flexibility index (Phi) is 1.63. The average molecular weight is 158 g/mol. The van der Waals surface area contributed by atoms with Crippen LogP contribution < -0.4 is 0 Å². The number of H-pyrrole nitrogens is 1. The number of nitrogens with zero attached hydrogens (tertiary/aromatic N) is 2. The number of pyridine rings is 1. The summed E-state index contributed by atoms with van der Waals surface area (Å²) in [6.07, 6.45) is 6.24. The van der Waals surface area contributed by atoms with Crippen LogP contribution >= 0.6 is 0 Å². The predicted octanol–water partition coefficient (Wildman–Crippen LogP) is 1.58. The van der Waals surface area contributed by atoms with E-state index in [1.54, 1.807) is 12.4 Å². The Morgan fingerprint density at radius 3 is 3.00 bits per heavy atom. The topological polar surface area (TPSA) is 41.6 Å². The van der Waals surface area contributed by atoms with Gasteiger partial charge >= 0.3 is 0 Å². The Hall–Kier alpha value is -1.64. The van der Waals surface area contributed by atoms with Crippen LogP contribution in [0.2, 0.25) is 0 Å². The van der Waals surface area contributed by atoms with Crippen LogP contribution in [0.25, 0.3) is 11.3 Å². The van der Waals surface area contributed by atoms with Crippen molar-refractivity contribution >= 4 is 0 Å². The molecule has 0 fully saturated rings. The van der Waals surface area contributed by atoms with Gasteiger partial charge in [-0.1, -0.05) is 0 Å². The van der Waals surface area contributed by atoms with Crippen LogP contribution in [-0.4, -0.2) is 15.0 Å². The quantitative estimate of drug-likeness (QED) is 0.684. The van der Waals surface area contributed by atoms with E-state index in [-0.39, 0.29) is 0 Å². The molecule has 2 aromatic heterocycles. The molecule has 0 atom stereocenters. The number of rotatable bonds is 1. The Morgan fingerprint density at radius 1 is 1.50 bits per heavy atom. The maximum atomic E-state index is 4.02. The molecule has 1 N–H and O–H groups in total. The van der Waals surface area contributed by atoms with Gasteiger partial charge in [-0.3, -0.25) is 4.98 Å². The minimum absolute atomic E-state index is 0.947. The van der Waals surface area contributed by atoms with Gasteiger partial charge in [0.2, 0.25) is 0 Å². The van der Waals surface area contributed by atoms with Gasteiger partial charge in [-0.05, 0) is 19.1 Å². The van der Waals surface area contributed by atoms with Crippen LogP contribution in [0.4, 0.5) is 0 Å². The Labute approximate surface area is 70.5 Å². The van der Waals surface area contributed by atoms with Crippen LogP contribution in [0.5, 0.6) is 0 Å². The van der Waals surface area contributed by atoms with Crippen molar-refractivity contribution in [3.8, 4) is 11.3 Å². The summed E-state index contributed by atoms with van der Waals surface area (Å²) in [5, 5.41) is 0. The van der Waals surface area contributed by atoms with Gasteiger partial charge in [0, 0.05) is 18.0 Å². The maximum Gasteiger partial charge on any atom is 0.174 e. The van der Waals surface area contributed by atoms with E-state index < -0.39 is 0 Å². The number of hydrogen-bond acceptors (Lipinski definition) is 2. The highest BCUT2D eigenvalue weighted by Gasteiger charge is 2.02. The summed E-state index contributed by atoms with van der Waals surface area (Å²) in [5.41, 5.74) is 2.98. The lowest BCUT2D eigenvalue weighted by atomic mass is 10.2. The molecule has 0 bridgehead atoms. The lowest BCUT2D eigenvalue weighted by molar-refractivity contribution is 1.24. The highest BCUT2D eigenvalue weighted by Crippen LogP contribution is 2.16. The highest BCUT2D eigenvalue weighted by atomic mass is 14.9. The third-order valence-corrected chi connectivity index (χ3v) is 1.72. The summed E-state index contributed by atoms with van der Waals surface area (Å²) in [6, 6.07) is 3.89. The molecular formula is C9H8N3. The van der Waals surface area contributed by atoms with E-state index >= 15 is 0 Å². The largest absolute Gasteiger partial charge is 0.335 e. The molecule has 0 aliphatic carbocycles. The van der Waals surface area contributed by atoms with Gasteiger partial charge in [0.25, 0.3) is 0 Å². The molecule has 0 aliphatic rings. The van der Waals surface area contributed by atoms with Gasteiger partial charge in [-0.15, -0.1) is 0 Å². The molecule has 2 heterocycles. The molecule has 0 amide bonds. The van der Waals surface area contributed by atoms with E-state index in [0.29, 0.717) is 0 Å². The van der Waals surface area contributed by atoms with E-state index in [2.05, 4.69) is 21.3 Å². The average Bonchev–Trinajstić information content (AvgIpc) is 2.53. The number of hydrogen-bond donors (Lipinski definition) is 1. The van der Waals surface area contributed by atoms with Gasteiger partial charge < -0.3 is 4.98 Å². The third kappa shape index (κ3) is 1.09. The first-order chi connectivity index (χ1) is 5.88. The van der Waals surface area contributed by atoms with Crippen LogP contribution in [0.3, 0.4) is 0 Å². The summed E-state index contributed by atoms with van der Waals surface area (Å²) < 4.78 is 0. The molecule has 0 aromatic carbocycles. The van der Waals surface area contributed by atoms with E-state index in [0.717, 1.165) is 17.0 Å². The van der Waals surface area contributed by atoms with Gasteiger partial charge in [0.05, 0.1) is 11.4 Å². The molecule has 0 aliphatic heterocycles. The minimum atomic E-state index is 0.947. The van der Waals surface area contributed by atoms with Gasteiger partial charge in [-0.2, -0.15) is 0 Å². The fraction of sp³-hybridized carbons (Fsp3) is 0.111. The minimum Gasteiger partial charge on any atom is -0.335 e. The van der Waals surface area contributed by atoms with E-state index in [1.165, 1.54) is 0 Å². The standard InChI is InChI=1S/C9H8N3/c1-7-9(12-6-11-7)8-3-2-4-10-5-8/h2-5H,1H3,(H,11,12). The van der Waals surface area contributed by atoms with Crippen LogP contribution in [0.1, 0.15) is 5.69 Å². The van der Waals surface area contributed by atoms with E-state index in [1.807, 2.05) is 19.1 Å². The van der Waals surface area contributed by atoms with Gasteiger partial charge in [0.1, 0.15) is 0 Å². The van der Waals surface area contributed by atoms with Crippen LogP contribution in [0.15, 0.2) is 24.5 Å². The summed E-state index contributed by atoms with van der Waals surface area (Å²) in [7, 11) is 0. The second-order valence-electron chi connectivity index (χ2n) is 2.55. The van der Waals surface area contributed by atoms with Gasteiger partial charge in [-0.25, -0.2) is 4.98 Å². The molecular weight excluding hydrogens is 150 g/mol. The van der Waals surface area contributed by atoms with Crippen LogP contribution in [-0.2, 0) is 0 Å². The molecule has 12 heavy (non-hydrogen) atoms. The number of aromatic amines is 1. The second-order valence-corrected chi connectivity index (χ2v) is 2.55. The smallest absolute Gasteiger partial charge is 0.174 e. The van der Waals surface area contributed by atoms with Gasteiger partial charge in [0.15, 0.2) is 6.33 Å². The van der Waals surface area contributed by atoms with Crippen molar-refractivity contribution in [1.82, 2.24) is 15.0 Å². The number of aryl methyl sites for hydroxylation is 1. The van der Waals surface area contributed by atoms with Crippen molar-refractivity contribution in [2.45, 2.75) is 6.92 Å². The summed E-state index contributed by atoms with van der Waals surface area (Å²) in [4.78, 5) is 11.0. The zero-order valence-corrected chi connectivity index (χ0v) is 6.70. The van der Waals surface area contributed by atoms with Crippen molar-refractivity contribution in [1.29, 1.82) is 0 Å². The fourth-order valence-corrected chi connectivity index (χ4v) is 1.11. The molecule has 1 radical (unpaired) electrons. The van der Waals surface area contributed by atoms with Crippen molar-refractivity contribution in [3.63, 3.8) is 0 Å². The molecule has 0 unspecified atom stereocenters. The normalized spacial score (nSPS) is 10.1. The number of imidazole rings is 1. The van der Waals surface area contributed by atoms with E-state index in [4.69, 9.17) is 0 Å². The summed E-state index contributed by atoms with van der Waals surface area (Å²) in [5.74, 6) is 0. The molecule has 3 nitrogen and oxygen atoms in total. The molecule has 3 heteroatoms. The van der Waals surface area contributed by atoms with Crippen LogP contribution in [0, 0.1) is 13.3 Å². The SMILES string of the molecule is Cc1n[c][nH]c1-c1cccnc1. The zero-order chi connectivity index (χ0) is 8.39. The van der Waals surface area contributed by atoms with Crippen molar-refractivity contribution in [2.75, 3.05) is 0 Å². The molecule has 0 spiro atoms. The third-order valence-electron chi connectivity index (χ3n) is 1.72. The Morgan fingerprint density at radius 2 is 2.42 bits per heavy atom. The fourth-order valence-electron chi connectivity index (χ4n) is 1.11. The van der Waals surface area contributed by atoms with Crippen molar-refractivity contribution in [2.24, 2.45) is 0 Å². The zero-order valence-electron chi connectivity index (χ0n) is 6.70. The highest BCUT2D eigenvalue weighted by molar-refractivity contribution is 5.59. The van der Waals surface area contributed by atoms with Crippen molar-refractivity contribution < 1.29 is 0 Å². The first-order valence-electron chi connectivity index (χ1n) is 3.71. The number of aromatic nitrogens is 3. The van der Waals surface area contributed by atoms with E-state index in [9.17, 15) is 0 Å². The molecule has 0 saturated carbocycles. The Balaban J connectivity index is 2.51. The lowest BCUT2D eigenvalue weighted by Gasteiger charge is -1.96. The molecule has 0 saturated heterocycles. The summed E-state index contributed by atoms with van der Waals surface area (Å²) >= 11 is 0. The number of nitrogens with one attached hydrogen (secondary N) is 1. The van der Waals surface area contributed by atoms with Crippen molar-refractivity contribution in [3.05, 3.63) is 36.5 Å².